The Morgan fingerprint density at radius 2 is 2.05 bits per heavy atom. The van der Waals surface area contributed by atoms with Crippen molar-refractivity contribution in [1.82, 2.24) is 9.62 Å². The molecular formula is C12H20FN3O2S. The van der Waals surface area contributed by atoms with Crippen LogP contribution in [0, 0.1) is 12.7 Å². The van der Waals surface area contributed by atoms with Crippen molar-refractivity contribution < 1.29 is 12.8 Å². The molecule has 0 aliphatic rings. The molecule has 0 spiro atoms. The lowest BCUT2D eigenvalue weighted by molar-refractivity contribution is 0.358. The molecule has 7 heteroatoms. The predicted molar refractivity (Wildman–Crippen MR) is 73.9 cm³/mol. The Balaban J connectivity index is 2.86. The zero-order valence-corrected chi connectivity index (χ0v) is 12.2. The van der Waals surface area contributed by atoms with Crippen LogP contribution in [0.3, 0.4) is 0 Å². The number of nitrogens with zero attached hydrogens (tertiary/aromatic N) is 1. The Bertz CT molecular complexity index is 546. The van der Waals surface area contributed by atoms with Gasteiger partial charge in [0.1, 0.15) is 5.82 Å². The molecule has 0 fully saturated rings. The van der Waals surface area contributed by atoms with Gasteiger partial charge in [-0.3, -0.25) is 0 Å². The highest BCUT2D eigenvalue weighted by atomic mass is 32.2. The minimum absolute atomic E-state index is 0.0190. The van der Waals surface area contributed by atoms with E-state index in [1.807, 2.05) is 18.9 Å². The summed E-state index contributed by atoms with van der Waals surface area (Å²) < 4.78 is 39.8. The molecule has 0 aliphatic heterocycles. The van der Waals surface area contributed by atoms with E-state index in [9.17, 15) is 12.8 Å². The summed E-state index contributed by atoms with van der Waals surface area (Å²) in [5.41, 5.74) is 5.58. The standard InChI is InChI=1S/C12H20FN3O2S/c1-4-16(3)6-5-15-19(17,18)12-8-11(14)10(13)7-9(12)2/h7-8,15H,4-6,14H2,1-3H3. The molecule has 1 rings (SSSR count). The van der Waals surface area contributed by atoms with E-state index in [1.54, 1.807) is 0 Å². The SMILES string of the molecule is CCN(C)CCNS(=O)(=O)c1cc(N)c(F)cc1C. The second-order valence-electron chi connectivity index (χ2n) is 4.43. The third-order valence-corrected chi connectivity index (χ3v) is 4.51. The Hall–Kier alpha value is -1.18. The highest BCUT2D eigenvalue weighted by molar-refractivity contribution is 7.89. The van der Waals surface area contributed by atoms with E-state index in [0.29, 0.717) is 18.7 Å². The first kappa shape index (κ1) is 15.9. The van der Waals surface area contributed by atoms with Gasteiger partial charge in [0.05, 0.1) is 10.6 Å². The first-order valence-electron chi connectivity index (χ1n) is 6.01. The van der Waals surface area contributed by atoms with Gasteiger partial charge in [-0.2, -0.15) is 0 Å². The first-order chi connectivity index (χ1) is 8.77. The molecule has 3 N–H and O–H groups in total. The fraction of sp³-hybridized carbons (Fsp3) is 0.500. The summed E-state index contributed by atoms with van der Waals surface area (Å²) in [6.45, 7) is 5.26. The van der Waals surface area contributed by atoms with E-state index < -0.39 is 15.8 Å². The number of hydrogen-bond donors (Lipinski definition) is 2. The van der Waals surface area contributed by atoms with Crippen LogP contribution in [0.25, 0.3) is 0 Å². The van der Waals surface area contributed by atoms with E-state index in [2.05, 4.69) is 4.72 Å². The van der Waals surface area contributed by atoms with E-state index in [0.717, 1.165) is 18.7 Å². The van der Waals surface area contributed by atoms with Crippen LogP contribution in [0.15, 0.2) is 17.0 Å². The average Bonchev–Trinajstić information content (AvgIpc) is 2.33. The number of halogens is 1. The van der Waals surface area contributed by atoms with Gasteiger partial charge in [0.2, 0.25) is 10.0 Å². The maximum Gasteiger partial charge on any atom is 0.240 e. The van der Waals surface area contributed by atoms with Gasteiger partial charge in [-0.15, -0.1) is 0 Å². The number of aryl methyl sites for hydroxylation is 1. The number of anilines is 1. The number of sulfonamides is 1. The van der Waals surface area contributed by atoms with Crippen LogP contribution >= 0.6 is 0 Å². The number of hydrogen-bond acceptors (Lipinski definition) is 4. The Labute approximate surface area is 113 Å². The summed E-state index contributed by atoms with van der Waals surface area (Å²) in [4.78, 5) is 2.00. The van der Waals surface area contributed by atoms with Crippen LogP contribution in [0.4, 0.5) is 10.1 Å². The molecule has 0 unspecified atom stereocenters. The highest BCUT2D eigenvalue weighted by Crippen LogP contribution is 2.21. The molecule has 0 bridgehead atoms. The number of nitrogens with two attached hydrogens (primary N) is 1. The second kappa shape index (κ2) is 6.31. The normalized spacial score (nSPS) is 12.1. The minimum Gasteiger partial charge on any atom is -0.396 e. The lowest BCUT2D eigenvalue weighted by Crippen LogP contribution is -2.33. The molecule has 0 saturated carbocycles. The van der Waals surface area contributed by atoms with Crippen LogP contribution < -0.4 is 10.5 Å². The van der Waals surface area contributed by atoms with Gasteiger partial charge in [0, 0.05) is 13.1 Å². The van der Waals surface area contributed by atoms with Gasteiger partial charge in [-0.05, 0) is 38.2 Å². The van der Waals surface area contributed by atoms with Gasteiger partial charge >= 0.3 is 0 Å². The largest absolute Gasteiger partial charge is 0.396 e. The molecule has 19 heavy (non-hydrogen) atoms. The molecule has 0 aliphatic carbocycles. The van der Waals surface area contributed by atoms with Crippen molar-refractivity contribution in [3.8, 4) is 0 Å². The van der Waals surface area contributed by atoms with Crippen LogP contribution in [0.1, 0.15) is 12.5 Å². The molecule has 0 amide bonds. The zero-order valence-electron chi connectivity index (χ0n) is 11.4. The van der Waals surface area contributed by atoms with E-state index in [-0.39, 0.29) is 10.6 Å². The predicted octanol–water partition coefficient (Wildman–Crippen LogP) is 0.946. The van der Waals surface area contributed by atoms with Crippen LogP contribution in [-0.2, 0) is 10.0 Å². The molecule has 108 valence electrons. The summed E-state index contributed by atoms with van der Waals surface area (Å²) in [7, 11) is -1.76. The molecule has 5 nitrogen and oxygen atoms in total. The van der Waals surface area contributed by atoms with Crippen LogP contribution in [0.2, 0.25) is 0 Å². The van der Waals surface area contributed by atoms with Crippen molar-refractivity contribution in [3.05, 3.63) is 23.5 Å². The van der Waals surface area contributed by atoms with Gasteiger partial charge < -0.3 is 10.6 Å². The number of benzene rings is 1. The molecule has 0 atom stereocenters. The zero-order chi connectivity index (χ0) is 14.6. The van der Waals surface area contributed by atoms with Gasteiger partial charge in [-0.25, -0.2) is 17.5 Å². The molecule has 0 saturated heterocycles. The van der Waals surface area contributed by atoms with Gasteiger partial charge in [-0.1, -0.05) is 6.92 Å². The molecule has 1 aromatic rings. The van der Waals surface area contributed by atoms with Crippen molar-refractivity contribution in [2.24, 2.45) is 0 Å². The second-order valence-corrected chi connectivity index (χ2v) is 6.17. The summed E-state index contributed by atoms with van der Waals surface area (Å²) >= 11 is 0. The Morgan fingerprint density at radius 3 is 2.63 bits per heavy atom. The summed E-state index contributed by atoms with van der Waals surface area (Å²) in [5.74, 6) is -0.609. The monoisotopic (exact) mass is 289 g/mol. The summed E-state index contributed by atoms with van der Waals surface area (Å²) in [5, 5.41) is 0. The molecule has 1 aromatic carbocycles. The topological polar surface area (TPSA) is 75.4 Å². The van der Waals surface area contributed by atoms with E-state index >= 15 is 0 Å². The molecule has 0 radical (unpaired) electrons. The van der Waals surface area contributed by atoms with Crippen molar-refractivity contribution in [1.29, 1.82) is 0 Å². The minimum atomic E-state index is -3.66. The van der Waals surface area contributed by atoms with Gasteiger partial charge in [0.25, 0.3) is 0 Å². The van der Waals surface area contributed by atoms with Crippen LogP contribution in [-0.4, -0.2) is 40.0 Å². The number of nitrogens with one attached hydrogen (secondary N) is 1. The Morgan fingerprint density at radius 1 is 1.42 bits per heavy atom. The molecule has 0 aromatic heterocycles. The Kier molecular flexibility index (Phi) is 5.28. The summed E-state index contributed by atoms with van der Waals surface area (Å²) in [6, 6.07) is 2.28. The van der Waals surface area contributed by atoms with E-state index in [4.69, 9.17) is 5.73 Å². The fourth-order valence-electron chi connectivity index (χ4n) is 1.56. The van der Waals surface area contributed by atoms with Crippen molar-refractivity contribution in [2.45, 2.75) is 18.7 Å². The maximum atomic E-state index is 13.2. The van der Waals surface area contributed by atoms with Crippen molar-refractivity contribution >= 4 is 15.7 Å². The quantitative estimate of drug-likeness (QED) is 0.765. The third-order valence-electron chi connectivity index (χ3n) is 2.91. The lowest BCUT2D eigenvalue weighted by atomic mass is 10.2. The van der Waals surface area contributed by atoms with Crippen molar-refractivity contribution in [3.63, 3.8) is 0 Å². The molecule has 0 heterocycles. The average molecular weight is 289 g/mol. The van der Waals surface area contributed by atoms with Crippen molar-refractivity contribution in [2.75, 3.05) is 32.4 Å². The summed E-state index contributed by atoms with van der Waals surface area (Å²) in [6.07, 6.45) is 0. The van der Waals surface area contributed by atoms with Gasteiger partial charge in [0.15, 0.2) is 0 Å². The maximum absolute atomic E-state index is 13.2. The number of nitrogen functional groups attached to an aromatic ring is 1. The third kappa shape index (κ3) is 4.15. The number of likely N-dealkylation sites (N-methyl/N-ethyl adjacent to an activating group) is 1. The van der Waals surface area contributed by atoms with Crippen LogP contribution in [0.5, 0.6) is 0 Å². The lowest BCUT2D eigenvalue weighted by Gasteiger charge is -2.15. The highest BCUT2D eigenvalue weighted by Gasteiger charge is 2.18. The van der Waals surface area contributed by atoms with E-state index in [1.165, 1.54) is 6.92 Å². The fourth-order valence-corrected chi connectivity index (χ4v) is 2.85. The number of rotatable bonds is 6. The molecular weight excluding hydrogens is 269 g/mol. The first-order valence-corrected chi connectivity index (χ1v) is 7.50. The smallest absolute Gasteiger partial charge is 0.240 e.